The molecule has 148 valence electrons. The number of fused-ring (bicyclic) bond motifs is 1. The van der Waals surface area contributed by atoms with Crippen molar-refractivity contribution in [2.24, 2.45) is 0 Å². The zero-order valence-corrected chi connectivity index (χ0v) is 17.1. The van der Waals surface area contributed by atoms with Crippen LogP contribution in [0.3, 0.4) is 0 Å². The molecule has 0 bridgehead atoms. The number of aryl methyl sites for hydroxylation is 2. The molecule has 0 saturated heterocycles. The molecule has 0 fully saturated rings. The monoisotopic (exact) mass is 388 g/mol. The first-order valence-corrected chi connectivity index (χ1v) is 9.73. The van der Waals surface area contributed by atoms with Crippen molar-refractivity contribution in [2.75, 3.05) is 0 Å². The standard InChI is InChI=1S/C23H24N4O2/c1-15(2)26-22(28)20-21(27(23(26)29)19-12-8-6-10-17(19)4)24-14-25(20)13-18-11-7-5-9-16(18)3/h5-12,14-15H,13H2,1-4H3. The van der Waals surface area contributed by atoms with Gasteiger partial charge in [0.05, 0.1) is 12.0 Å². The van der Waals surface area contributed by atoms with Crippen molar-refractivity contribution in [2.45, 2.75) is 40.3 Å². The number of hydrogen-bond acceptors (Lipinski definition) is 3. The van der Waals surface area contributed by atoms with E-state index in [0.29, 0.717) is 17.7 Å². The summed E-state index contributed by atoms with van der Waals surface area (Å²) in [6.07, 6.45) is 1.65. The molecule has 6 nitrogen and oxygen atoms in total. The highest BCUT2D eigenvalue weighted by molar-refractivity contribution is 5.73. The van der Waals surface area contributed by atoms with Gasteiger partial charge in [-0.15, -0.1) is 0 Å². The number of imidazole rings is 1. The van der Waals surface area contributed by atoms with Gasteiger partial charge in [0.25, 0.3) is 5.56 Å². The van der Waals surface area contributed by atoms with Crippen LogP contribution < -0.4 is 11.2 Å². The molecule has 0 spiro atoms. The molecule has 0 amide bonds. The molecule has 2 heterocycles. The molecule has 0 aliphatic rings. The normalized spacial score (nSPS) is 11.5. The highest BCUT2D eigenvalue weighted by Crippen LogP contribution is 2.18. The third kappa shape index (κ3) is 3.10. The van der Waals surface area contributed by atoms with E-state index in [4.69, 9.17) is 0 Å². The van der Waals surface area contributed by atoms with Gasteiger partial charge in [-0.2, -0.15) is 0 Å². The summed E-state index contributed by atoms with van der Waals surface area (Å²) in [5, 5.41) is 0. The van der Waals surface area contributed by atoms with Crippen LogP contribution in [0.1, 0.15) is 36.6 Å². The van der Waals surface area contributed by atoms with Crippen LogP contribution in [0.15, 0.2) is 64.4 Å². The summed E-state index contributed by atoms with van der Waals surface area (Å²) < 4.78 is 4.71. The minimum Gasteiger partial charge on any atom is -0.320 e. The van der Waals surface area contributed by atoms with Crippen molar-refractivity contribution in [1.29, 1.82) is 0 Å². The second kappa shape index (κ2) is 7.20. The molecule has 0 radical (unpaired) electrons. The molecule has 4 rings (SSSR count). The SMILES string of the molecule is Cc1ccccc1Cn1cnc2c1c(=O)n(C(C)C)c(=O)n2-c1ccccc1C. The molecule has 0 N–H and O–H groups in total. The summed E-state index contributed by atoms with van der Waals surface area (Å²) in [6.45, 7) is 8.20. The van der Waals surface area contributed by atoms with E-state index in [2.05, 4.69) is 4.98 Å². The lowest BCUT2D eigenvalue weighted by atomic mass is 10.1. The van der Waals surface area contributed by atoms with Crippen LogP contribution in [-0.4, -0.2) is 18.7 Å². The first kappa shape index (κ1) is 18.9. The summed E-state index contributed by atoms with van der Waals surface area (Å²) in [5.74, 6) is 0. The Morgan fingerprint density at radius 2 is 1.59 bits per heavy atom. The first-order valence-electron chi connectivity index (χ1n) is 9.73. The van der Waals surface area contributed by atoms with Crippen LogP contribution in [-0.2, 0) is 6.54 Å². The lowest BCUT2D eigenvalue weighted by molar-refractivity contribution is 0.538. The zero-order chi connectivity index (χ0) is 20.7. The molecule has 0 saturated carbocycles. The molecule has 0 unspecified atom stereocenters. The fourth-order valence-corrected chi connectivity index (χ4v) is 3.73. The van der Waals surface area contributed by atoms with Gasteiger partial charge in [-0.25, -0.2) is 14.3 Å². The number of benzene rings is 2. The van der Waals surface area contributed by atoms with Gasteiger partial charge in [-0.05, 0) is 50.5 Å². The molecule has 0 aliphatic heterocycles. The Hall–Kier alpha value is -3.41. The average molecular weight is 388 g/mol. The number of para-hydroxylation sites is 1. The second-order valence-electron chi connectivity index (χ2n) is 7.64. The van der Waals surface area contributed by atoms with Crippen LogP contribution in [0.25, 0.3) is 16.9 Å². The Morgan fingerprint density at radius 3 is 2.24 bits per heavy atom. The number of hydrogen-bond donors (Lipinski definition) is 0. The van der Waals surface area contributed by atoms with Crippen molar-refractivity contribution < 1.29 is 0 Å². The zero-order valence-electron chi connectivity index (χ0n) is 17.1. The van der Waals surface area contributed by atoms with Crippen LogP contribution in [0, 0.1) is 13.8 Å². The first-order chi connectivity index (χ1) is 13.9. The predicted molar refractivity (Wildman–Crippen MR) is 115 cm³/mol. The highest BCUT2D eigenvalue weighted by atomic mass is 16.2. The summed E-state index contributed by atoms with van der Waals surface area (Å²) in [4.78, 5) is 31.1. The van der Waals surface area contributed by atoms with E-state index in [1.165, 1.54) is 4.57 Å². The van der Waals surface area contributed by atoms with E-state index in [9.17, 15) is 9.59 Å². The molecule has 2 aromatic heterocycles. The van der Waals surface area contributed by atoms with Gasteiger partial charge < -0.3 is 4.57 Å². The summed E-state index contributed by atoms with van der Waals surface area (Å²) >= 11 is 0. The van der Waals surface area contributed by atoms with E-state index in [0.717, 1.165) is 22.4 Å². The third-order valence-electron chi connectivity index (χ3n) is 5.32. The third-order valence-corrected chi connectivity index (χ3v) is 5.32. The topological polar surface area (TPSA) is 61.8 Å². The summed E-state index contributed by atoms with van der Waals surface area (Å²) in [5.41, 5.74) is 4.08. The smallest absolute Gasteiger partial charge is 0.320 e. The maximum atomic E-state index is 13.3. The van der Waals surface area contributed by atoms with Gasteiger partial charge in [0.1, 0.15) is 0 Å². The molecular formula is C23H24N4O2. The number of rotatable bonds is 4. The quantitative estimate of drug-likeness (QED) is 0.537. The Labute approximate surface area is 168 Å². The second-order valence-corrected chi connectivity index (χ2v) is 7.64. The van der Waals surface area contributed by atoms with Crippen molar-refractivity contribution in [3.63, 3.8) is 0 Å². The van der Waals surface area contributed by atoms with Gasteiger partial charge in [-0.1, -0.05) is 42.5 Å². The predicted octanol–water partition coefficient (Wildman–Crippen LogP) is 3.59. The van der Waals surface area contributed by atoms with Gasteiger partial charge in [0.15, 0.2) is 11.2 Å². The fraction of sp³-hybridized carbons (Fsp3) is 0.261. The Balaban J connectivity index is 2.06. The minimum absolute atomic E-state index is 0.267. The minimum atomic E-state index is -0.368. The summed E-state index contributed by atoms with van der Waals surface area (Å²) in [6, 6.07) is 15.4. The van der Waals surface area contributed by atoms with Crippen LogP contribution in [0.4, 0.5) is 0 Å². The highest BCUT2D eigenvalue weighted by Gasteiger charge is 2.21. The van der Waals surface area contributed by atoms with E-state index >= 15 is 0 Å². The molecular weight excluding hydrogens is 364 g/mol. The maximum Gasteiger partial charge on any atom is 0.337 e. The molecule has 2 aromatic carbocycles. The van der Waals surface area contributed by atoms with E-state index in [-0.39, 0.29) is 17.3 Å². The Bertz CT molecular complexity index is 1320. The van der Waals surface area contributed by atoms with Gasteiger partial charge >= 0.3 is 5.69 Å². The van der Waals surface area contributed by atoms with Gasteiger partial charge in [0.2, 0.25) is 0 Å². The van der Waals surface area contributed by atoms with Crippen molar-refractivity contribution in [1.82, 2.24) is 18.7 Å². The van der Waals surface area contributed by atoms with E-state index in [1.807, 2.05) is 80.8 Å². The molecule has 29 heavy (non-hydrogen) atoms. The van der Waals surface area contributed by atoms with E-state index in [1.54, 1.807) is 10.9 Å². The van der Waals surface area contributed by atoms with Gasteiger partial charge in [-0.3, -0.25) is 9.36 Å². The molecule has 0 aliphatic carbocycles. The largest absolute Gasteiger partial charge is 0.337 e. The van der Waals surface area contributed by atoms with Crippen molar-refractivity contribution in [3.8, 4) is 5.69 Å². The van der Waals surface area contributed by atoms with Gasteiger partial charge in [0, 0.05) is 12.6 Å². The number of aromatic nitrogens is 4. The Kier molecular flexibility index (Phi) is 4.70. The summed E-state index contributed by atoms with van der Waals surface area (Å²) in [7, 11) is 0. The fourth-order valence-electron chi connectivity index (χ4n) is 3.73. The van der Waals surface area contributed by atoms with E-state index < -0.39 is 0 Å². The molecule has 6 heteroatoms. The lowest BCUT2D eigenvalue weighted by Crippen LogP contribution is -2.41. The average Bonchev–Trinajstić information content (AvgIpc) is 3.08. The van der Waals surface area contributed by atoms with Crippen LogP contribution in [0.2, 0.25) is 0 Å². The molecule has 4 aromatic rings. The number of nitrogens with zero attached hydrogens (tertiary/aromatic N) is 4. The van der Waals surface area contributed by atoms with Crippen molar-refractivity contribution >= 4 is 11.2 Å². The van der Waals surface area contributed by atoms with Crippen LogP contribution in [0.5, 0.6) is 0 Å². The van der Waals surface area contributed by atoms with Crippen LogP contribution >= 0.6 is 0 Å². The van der Waals surface area contributed by atoms with Crippen molar-refractivity contribution in [3.05, 3.63) is 92.4 Å². The maximum absolute atomic E-state index is 13.3. The lowest BCUT2D eigenvalue weighted by Gasteiger charge is -2.16. The molecule has 0 atom stereocenters. The Morgan fingerprint density at radius 1 is 0.931 bits per heavy atom.